The number of rotatable bonds is 8. The quantitative estimate of drug-likeness (QED) is 0.150. The summed E-state index contributed by atoms with van der Waals surface area (Å²) in [5.41, 5.74) is 16.4. The minimum atomic E-state index is -0.0509. The maximum absolute atomic E-state index is 9.05. The van der Waals surface area contributed by atoms with E-state index in [-0.39, 0.29) is 5.41 Å². The van der Waals surface area contributed by atoms with Gasteiger partial charge in [-0.15, -0.1) is 0 Å². The second kappa shape index (κ2) is 14.8. The molecule has 1 aliphatic carbocycles. The average Bonchev–Trinajstić information content (AvgIpc) is 3.53. The van der Waals surface area contributed by atoms with E-state index < -0.39 is 0 Å². The molecule has 0 radical (unpaired) electrons. The summed E-state index contributed by atoms with van der Waals surface area (Å²) in [7, 11) is 0. The number of hydrogen-bond acceptors (Lipinski definition) is 2. The Morgan fingerprint density at radius 1 is 0.475 bits per heavy atom. The van der Waals surface area contributed by atoms with Crippen molar-refractivity contribution in [3.8, 4) is 44.5 Å². The molecule has 0 bridgehead atoms. The molecule has 59 heavy (non-hydrogen) atoms. The first kappa shape index (κ1) is 36.0. The molecule has 0 amide bonds. The van der Waals surface area contributed by atoms with Crippen molar-refractivity contribution < 1.29 is 0 Å². The van der Waals surface area contributed by atoms with E-state index in [2.05, 4.69) is 172 Å². The van der Waals surface area contributed by atoms with Gasteiger partial charge in [0.15, 0.2) is 0 Å². The molecule has 2 heteroatoms. The molecule has 0 fully saturated rings. The number of fused-ring (bicyclic) bond motifs is 6. The summed E-state index contributed by atoms with van der Waals surface area (Å²) in [6.45, 7) is 4.70. The maximum atomic E-state index is 9.05. The monoisotopic (exact) mass is 754 g/mol. The van der Waals surface area contributed by atoms with E-state index in [1.807, 2.05) is 54.8 Å². The van der Waals surface area contributed by atoms with Crippen molar-refractivity contribution in [1.82, 2.24) is 0 Å². The van der Waals surface area contributed by atoms with Gasteiger partial charge in [-0.05, 0) is 94.9 Å². The van der Waals surface area contributed by atoms with Gasteiger partial charge in [-0.1, -0.05) is 208 Å². The fourth-order valence-electron chi connectivity index (χ4n) is 8.97. The molecule has 280 valence electrons. The van der Waals surface area contributed by atoms with E-state index >= 15 is 0 Å². The van der Waals surface area contributed by atoms with Crippen molar-refractivity contribution >= 4 is 39.2 Å². The molecule has 0 heterocycles. The Hall–Kier alpha value is -7.42. The van der Waals surface area contributed by atoms with E-state index in [4.69, 9.17) is 10.4 Å². The van der Waals surface area contributed by atoms with Crippen LogP contribution >= 0.6 is 0 Å². The molecule has 0 aromatic heterocycles. The lowest BCUT2D eigenvalue weighted by Crippen LogP contribution is -2.14. The molecule has 2 nitrogen and oxygen atoms in total. The third kappa shape index (κ3) is 6.49. The normalized spacial score (nSPS) is 13.2. The van der Waals surface area contributed by atoms with Crippen LogP contribution in [0.3, 0.4) is 0 Å². The van der Waals surface area contributed by atoms with Crippen molar-refractivity contribution in [2.75, 3.05) is 0 Å². The Kier molecular flexibility index (Phi) is 9.03. The van der Waals surface area contributed by atoms with Crippen LogP contribution in [-0.2, 0) is 5.41 Å². The highest BCUT2D eigenvalue weighted by Gasteiger charge is 2.36. The summed E-state index contributed by atoms with van der Waals surface area (Å²) in [5, 5.41) is 13.9. The third-order valence-electron chi connectivity index (χ3n) is 12.0. The number of hydrogen-bond donors (Lipinski definition) is 1. The van der Waals surface area contributed by atoms with Gasteiger partial charge in [0.25, 0.3) is 0 Å². The van der Waals surface area contributed by atoms with Crippen LogP contribution in [0.25, 0.3) is 71.7 Å². The van der Waals surface area contributed by atoms with Gasteiger partial charge < -0.3 is 5.41 Å². The summed E-state index contributed by atoms with van der Waals surface area (Å²) >= 11 is 0. The topological polar surface area (TPSA) is 36.2 Å². The van der Waals surface area contributed by atoms with Crippen molar-refractivity contribution in [3.63, 3.8) is 0 Å². The lowest BCUT2D eigenvalue weighted by Gasteiger charge is -2.21. The predicted molar refractivity (Wildman–Crippen MR) is 251 cm³/mol. The van der Waals surface area contributed by atoms with Gasteiger partial charge in [0, 0.05) is 22.8 Å². The highest BCUT2D eigenvalue weighted by Crippen LogP contribution is 2.52. The number of allylic oxidation sites excluding steroid dienone is 1. The Labute approximate surface area is 346 Å². The second-order valence-corrected chi connectivity index (χ2v) is 15.9. The van der Waals surface area contributed by atoms with Gasteiger partial charge in [0.2, 0.25) is 0 Å². The van der Waals surface area contributed by atoms with E-state index in [9.17, 15) is 0 Å². The molecule has 10 rings (SSSR count). The highest BCUT2D eigenvalue weighted by atomic mass is 14.7. The molecule has 1 N–H and O–H groups in total. The van der Waals surface area contributed by atoms with Crippen LogP contribution in [0.4, 0.5) is 0 Å². The minimum absolute atomic E-state index is 0.0509. The molecule has 0 saturated heterocycles. The molecule has 0 saturated carbocycles. The Bertz CT molecular complexity index is 3110. The number of benzene rings is 9. The molecule has 1 aliphatic rings. The first-order valence-electron chi connectivity index (χ1n) is 20.3. The molecule has 0 unspecified atom stereocenters. The SMILES string of the molecule is CC1(C)c2ccc(-c3ccc(-c4ccc(C=N/C(=C\C(=N)c5ccccc5)c5ccccc5-c5ccccc5)c5ccccc45)cc3)cc2-c2c1ccc1ccccc21. The zero-order valence-corrected chi connectivity index (χ0v) is 33.2. The Morgan fingerprint density at radius 2 is 1.08 bits per heavy atom. The van der Waals surface area contributed by atoms with E-state index in [0.717, 1.165) is 38.9 Å². The van der Waals surface area contributed by atoms with Crippen molar-refractivity contribution in [2.24, 2.45) is 4.99 Å². The highest BCUT2D eigenvalue weighted by molar-refractivity contribution is 6.12. The van der Waals surface area contributed by atoms with Crippen molar-refractivity contribution in [1.29, 1.82) is 5.41 Å². The number of nitrogens with one attached hydrogen (secondary N) is 1. The van der Waals surface area contributed by atoms with Gasteiger partial charge in [-0.25, -0.2) is 0 Å². The average molecular weight is 755 g/mol. The molecule has 9 aromatic carbocycles. The lowest BCUT2D eigenvalue weighted by molar-refractivity contribution is 0.661. The summed E-state index contributed by atoms with van der Waals surface area (Å²) < 4.78 is 0. The van der Waals surface area contributed by atoms with Crippen LogP contribution in [0.15, 0.2) is 211 Å². The molecular weight excluding hydrogens is 713 g/mol. The first-order valence-corrected chi connectivity index (χ1v) is 20.3. The van der Waals surface area contributed by atoms with Crippen LogP contribution in [0.1, 0.15) is 41.7 Å². The van der Waals surface area contributed by atoms with Gasteiger partial charge in [0.1, 0.15) is 0 Å². The molecule has 0 spiro atoms. The van der Waals surface area contributed by atoms with Gasteiger partial charge >= 0.3 is 0 Å². The van der Waals surface area contributed by atoms with Crippen LogP contribution < -0.4 is 0 Å². The number of aliphatic imine (C=N–C) groups is 1. The zero-order valence-electron chi connectivity index (χ0n) is 33.2. The first-order chi connectivity index (χ1) is 28.9. The fraction of sp³-hybridized carbons (Fsp3) is 0.0526. The van der Waals surface area contributed by atoms with Crippen molar-refractivity contribution in [3.05, 3.63) is 234 Å². The summed E-state index contributed by atoms with van der Waals surface area (Å²) in [5.74, 6) is 0. The Morgan fingerprint density at radius 3 is 1.88 bits per heavy atom. The van der Waals surface area contributed by atoms with Crippen LogP contribution in [-0.4, -0.2) is 11.9 Å². The van der Waals surface area contributed by atoms with E-state index in [0.29, 0.717) is 5.71 Å². The number of nitrogens with zero attached hydrogens (tertiary/aromatic N) is 1. The zero-order chi connectivity index (χ0) is 39.9. The fourth-order valence-corrected chi connectivity index (χ4v) is 8.97. The van der Waals surface area contributed by atoms with Gasteiger partial charge in [-0.2, -0.15) is 0 Å². The maximum Gasteiger partial charge on any atom is 0.0729 e. The minimum Gasteiger partial charge on any atom is -0.300 e. The van der Waals surface area contributed by atoms with Crippen LogP contribution in [0.5, 0.6) is 0 Å². The Balaban J connectivity index is 1.01. The smallest absolute Gasteiger partial charge is 0.0729 e. The van der Waals surface area contributed by atoms with Crippen molar-refractivity contribution in [2.45, 2.75) is 19.3 Å². The van der Waals surface area contributed by atoms with Crippen LogP contribution in [0.2, 0.25) is 0 Å². The lowest BCUT2D eigenvalue weighted by atomic mass is 9.82. The third-order valence-corrected chi connectivity index (χ3v) is 12.0. The predicted octanol–water partition coefficient (Wildman–Crippen LogP) is 14.8. The largest absolute Gasteiger partial charge is 0.300 e. The standard InChI is InChI=1S/C57H42N2/c1-57(2)52-33-31-43(35-51(52)56-48-22-10-9-17-40(48)30-34-53(56)57)38-25-27-41(28-26-38)47-32-29-44(46-21-11-13-23-49(46)47)37-59-55(36-54(58)42-18-7-4-8-19-42)50-24-14-12-20-45(50)39-15-5-3-6-16-39/h3-37,58H,1-2H3/b55-36-,58-54?,59-37?. The second-order valence-electron chi connectivity index (χ2n) is 15.9. The molecule has 0 aliphatic heterocycles. The van der Waals surface area contributed by atoms with E-state index in [1.165, 1.54) is 60.7 Å². The summed E-state index contributed by atoms with van der Waals surface area (Å²) in [6.07, 6.45) is 3.84. The molecule has 9 aromatic rings. The van der Waals surface area contributed by atoms with Gasteiger partial charge in [-0.3, -0.25) is 4.99 Å². The molecule has 0 atom stereocenters. The summed E-state index contributed by atoms with van der Waals surface area (Å²) in [6, 6.07) is 70.9. The van der Waals surface area contributed by atoms with Gasteiger partial charge in [0.05, 0.1) is 11.4 Å². The summed E-state index contributed by atoms with van der Waals surface area (Å²) in [4.78, 5) is 5.17. The van der Waals surface area contributed by atoms with Crippen LogP contribution in [0, 0.1) is 5.41 Å². The van der Waals surface area contributed by atoms with E-state index in [1.54, 1.807) is 0 Å². The molecular formula is C57H42N2.